The molecule has 1 heterocycles. The van der Waals surface area contributed by atoms with Crippen molar-refractivity contribution in [3.05, 3.63) is 0 Å². The van der Waals surface area contributed by atoms with E-state index < -0.39 is 0 Å². The van der Waals surface area contributed by atoms with E-state index in [1.807, 2.05) is 4.90 Å². The fraction of sp³-hybridized carbons (Fsp3) is 0.900. The van der Waals surface area contributed by atoms with Crippen LogP contribution in [-0.4, -0.2) is 53.8 Å². The third-order valence-electron chi connectivity index (χ3n) is 3.02. The van der Waals surface area contributed by atoms with Gasteiger partial charge in [-0.05, 0) is 27.3 Å². The van der Waals surface area contributed by atoms with Gasteiger partial charge >= 0.3 is 0 Å². The van der Waals surface area contributed by atoms with Crippen LogP contribution in [0.4, 0.5) is 0 Å². The van der Waals surface area contributed by atoms with Crippen molar-refractivity contribution in [2.24, 2.45) is 0 Å². The molecule has 1 atom stereocenters. The molecule has 1 saturated heterocycles. The Bertz CT molecular complexity index is 208. The molecule has 1 unspecified atom stereocenters. The van der Waals surface area contributed by atoms with Crippen LogP contribution in [-0.2, 0) is 4.79 Å². The molecule has 0 aromatic carbocycles. The van der Waals surface area contributed by atoms with E-state index in [0.717, 1.165) is 19.5 Å². The van der Waals surface area contributed by atoms with Gasteiger partial charge in [0, 0.05) is 25.2 Å². The first-order valence-electron chi connectivity index (χ1n) is 5.12. The van der Waals surface area contributed by atoms with E-state index in [0.29, 0.717) is 12.1 Å². The molecular weight excluding hydrogens is 200 g/mol. The molecule has 3 nitrogen and oxygen atoms in total. The molecule has 0 aliphatic carbocycles. The van der Waals surface area contributed by atoms with Crippen LogP contribution in [0.15, 0.2) is 0 Å². The number of likely N-dealkylation sites (tertiary alicyclic amines) is 1. The first-order valence-corrected chi connectivity index (χ1v) is 5.65. The monoisotopic (exact) mass is 218 g/mol. The molecule has 1 aliphatic heterocycles. The zero-order valence-corrected chi connectivity index (χ0v) is 9.92. The van der Waals surface area contributed by atoms with E-state index in [1.165, 1.54) is 0 Å². The van der Waals surface area contributed by atoms with Gasteiger partial charge in [-0.1, -0.05) is 0 Å². The van der Waals surface area contributed by atoms with Gasteiger partial charge in [-0.15, -0.1) is 11.6 Å². The van der Waals surface area contributed by atoms with Gasteiger partial charge in [-0.2, -0.15) is 0 Å². The van der Waals surface area contributed by atoms with Gasteiger partial charge in [-0.3, -0.25) is 9.69 Å². The number of alkyl halides is 1. The molecule has 1 fully saturated rings. The molecular formula is C10H19ClN2O. The Kier molecular flexibility index (Phi) is 4.20. The maximum Gasteiger partial charge on any atom is 0.237 e. The number of carbonyl (C=O) groups is 1. The van der Waals surface area contributed by atoms with Crippen LogP contribution in [0.3, 0.4) is 0 Å². The third-order valence-corrected chi connectivity index (χ3v) is 3.25. The van der Waals surface area contributed by atoms with E-state index in [-0.39, 0.29) is 11.8 Å². The average Bonchev–Trinajstić information content (AvgIpc) is 2.64. The van der Waals surface area contributed by atoms with Crippen LogP contribution in [0.5, 0.6) is 0 Å². The third kappa shape index (κ3) is 2.61. The molecule has 0 N–H and O–H groups in total. The molecule has 0 aromatic heterocycles. The minimum atomic E-state index is 0.0614. The topological polar surface area (TPSA) is 23.6 Å². The van der Waals surface area contributed by atoms with Crippen molar-refractivity contribution in [2.45, 2.75) is 32.4 Å². The molecule has 0 bridgehead atoms. The summed E-state index contributed by atoms with van der Waals surface area (Å²) in [5.41, 5.74) is 0. The average molecular weight is 219 g/mol. The van der Waals surface area contributed by atoms with Gasteiger partial charge in [0.2, 0.25) is 5.91 Å². The molecule has 1 rings (SSSR count). The highest BCUT2D eigenvalue weighted by Crippen LogP contribution is 2.16. The predicted octanol–water partition coefficient (Wildman–Crippen LogP) is 1.17. The first kappa shape index (κ1) is 11.8. The molecule has 1 aliphatic rings. The smallest absolute Gasteiger partial charge is 0.237 e. The van der Waals surface area contributed by atoms with Gasteiger partial charge < -0.3 is 4.90 Å². The standard InChI is InChI=1S/C10H19ClN2O/c1-8(2)12(3)9-4-5-13(7-9)10(14)6-11/h8-9H,4-7H2,1-3H3. The second-order valence-corrected chi connectivity index (χ2v) is 4.44. The molecule has 0 saturated carbocycles. The van der Waals surface area contributed by atoms with Crippen molar-refractivity contribution in [3.8, 4) is 0 Å². The summed E-state index contributed by atoms with van der Waals surface area (Å²) in [6, 6.07) is 1.04. The minimum Gasteiger partial charge on any atom is -0.340 e. The van der Waals surface area contributed by atoms with Gasteiger partial charge in [0.05, 0.1) is 0 Å². The lowest BCUT2D eigenvalue weighted by molar-refractivity contribution is -0.127. The van der Waals surface area contributed by atoms with Crippen molar-refractivity contribution in [3.63, 3.8) is 0 Å². The largest absolute Gasteiger partial charge is 0.340 e. The number of carbonyl (C=O) groups excluding carboxylic acids is 1. The summed E-state index contributed by atoms with van der Waals surface area (Å²) < 4.78 is 0. The van der Waals surface area contributed by atoms with E-state index in [4.69, 9.17) is 11.6 Å². The normalized spacial score (nSPS) is 22.4. The highest BCUT2D eigenvalue weighted by atomic mass is 35.5. The lowest BCUT2D eigenvalue weighted by Gasteiger charge is -2.28. The number of nitrogens with zero attached hydrogens (tertiary/aromatic N) is 2. The Hall–Kier alpha value is -0.280. The van der Waals surface area contributed by atoms with Crippen LogP contribution < -0.4 is 0 Å². The lowest BCUT2D eigenvalue weighted by atomic mass is 10.2. The summed E-state index contributed by atoms with van der Waals surface area (Å²) in [6.07, 6.45) is 1.07. The second-order valence-electron chi connectivity index (χ2n) is 4.18. The van der Waals surface area contributed by atoms with Crippen LogP contribution >= 0.6 is 11.6 Å². The quantitative estimate of drug-likeness (QED) is 0.664. The Morgan fingerprint density at radius 2 is 2.29 bits per heavy atom. The number of amides is 1. The second kappa shape index (κ2) is 4.99. The fourth-order valence-corrected chi connectivity index (χ4v) is 1.98. The zero-order chi connectivity index (χ0) is 10.7. The van der Waals surface area contributed by atoms with Crippen LogP contribution in [0, 0.1) is 0 Å². The van der Waals surface area contributed by atoms with Crippen molar-refractivity contribution in [1.82, 2.24) is 9.80 Å². The van der Waals surface area contributed by atoms with Crippen LogP contribution in [0.25, 0.3) is 0 Å². The van der Waals surface area contributed by atoms with Gasteiger partial charge in [0.1, 0.15) is 5.88 Å². The van der Waals surface area contributed by atoms with Gasteiger partial charge in [0.25, 0.3) is 0 Å². The number of rotatable bonds is 3. The highest BCUT2D eigenvalue weighted by Gasteiger charge is 2.28. The number of hydrogen-bond acceptors (Lipinski definition) is 2. The summed E-state index contributed by atoms with van der Waals surface area (Å²) in [5, 5.41) is 0. The van der Waals surface area contributed by atoms with E-state index in [2.05, 4.69) is 25.8 Å². The van der Waals surface area contributed by atoms with Gasteiger partial charge in [-0.25, -0.2) is 0 Å². The summed E-state index contributed by atoms with van der Waals surface area (Å²) in [5.74, 6) is 0.171. The van der Waals surface area contributed by atoms with Crippen molar-refractivity contribution >= 4 is 17.5 Å². The zero-order valence-electron chi connectivity index (χ0n) is 9.16. The van der Waals surface area contributed by atoms with Crippen LogP contribution in [0.1, 0.15) is 20.3 Å². The molecule has 0 aromatic rings. The van der Waals surface area contributed by atoms with E-state index in [1.54, 1.807) is 0 Å². The van der Waals surface area contributed by atoms with E-state index in [9.17, 15) is 4.79 Å². The van der Waals surface area contributed by atoms with Crippen molar-refractivity contribution in [1.29, 1.82) is 0 Å². The van der Waals surface area contributed by atoms with Gasteiger partial charge in [0.15, 0.2) is 0 Å². The van der Waals surface area contributed by atoms with Crippen molar-refractivity contribution in [2.75, 3.05) is 26.0 Å². The Morgan fingerprint density at radius 3 is 2.79 bits per heavy atom. The SMILES string of the molecule is CC(C)N(C)C1CCN(C(=O)CCl)C1. The number of likely N-dealkylation sites (N-methyl/N-ethyl adjacent to an activating group) is 1. The highest BCUT2D eigenvalue weighted by molar-refractivity contribution is 6.27. The summed E-state index contributed by atoms with van der Waals surface area (Å²) in [4.78, 5) is 15.5. The van der Waals surface area contributed by atoms with Crippen LogP contribution in [0.2, 0.25) is 0 Å². The maximum atomic E-state index is 11.3. The Morgan fingerprint density at radius 1 is 1.64 bits per heavy atom. The number of halogens is 1. The summed E-state index contributed by atoms with van der Waals surface area (Å²) in [6.45, 7) is 6.03. The maximum absolute atomic E-state index is 11.3. The predicted molar refractivity (Wildman–Crippen MR) is 58.6 cm³/mol. The molecule has 0 spiro atoms. The van der Waals surface area contributed by atoms with E-state index >= 15 is 0 Å². The van der Waals surface area contributed by atoms with Crippen molar-refractivity contribution < 1.29 is 4.79 Å². The summed E-state index contributed by atoms with van der Waals surface area (Å²) >= 11 is 5.52. The molecule has 82 valence electrons. The summed E-state index contributed by atoms with van der Waals surface area (Å²) in [7, 11) is 2.12. The Labute approximate surface area is 91.0 Å². The molecule has 0 radical (unpaired) electrons. The lowest BCUT2D eigenvalue weighted by Crippen LogP contribution is -2.40. The first-order chi connectivity index (χ1) is 6.56. The number of hydrogen-bond donors (Lipinski definition) is 0. The molecule has 14 heavy (non-hydrogen) atoms. The molecule has 4 heteroatoms. The minimum absolute atomic E-state index is 0.0614. The fourth-order valence-electron chi connectivity index (χ4n) is 1.81. The Balaban J connectivity index is 2.45. The molecule has 1 amide bonds.